The number of aromatic nitrogens is 2. The van der Waals surface area contributed by atoms with Crippen LogP contribution in [0.4, 0.5) is 0 Å². The average Bonchev–Trinajstić information content (AvgIpc) is 2.60. The summed E-state index contributed by atoms with van der Waals surface area (Å²) in [6.45, 7) is 7.02. The van der Waals surface area contributed by atoms with Crippen LogP contribution < -0.4 is 0 Å². The Morgan fingerprint density at radius 2 is 2.05 bits per heavy atom. The molecule has 2 atom stereocenters. The molecular formula is C15H25N3O2. The number of likely N-dealkylation sites (tertiary alicyclic amines) is 1. The predicted octanol–water partition coefficient (Wildman–Crippen LogP) is 2.43. The Balaban J connectivity index is 2.33. The molecule has 5 nitrogen and oxygen atoms in total. The SMILES string of the molecule is Cc1nn(C)c(C)c1C(C)N1CCCCCC1C(=O)O. The van der Waals surface area contributed by atoms with E-state index in [2.05, 4.69) is 23.8 Å². The zero-order valence-corrected chi connectivity index (χ0v) is 12.9. The molecule has 112 valence electrons. The molecule has 0 saturated carbocycles. The maximum absolute atomic E-state index is 11.6. The van der Waals surface area contributed by atoms with Crippen LogP contribution in [0.25, 0.3) is 0 Å². The lowest BCUT2D eigenvalue weighted by molar-refractivity contribution is -0.144. The van der Waals surface area contributed by atoms with Crippen molar-refractivity contribution >= 4 is 5.97 Å². The van der Waals surface area contributed by atoms with E-state index < -0.39 is 5.97 Å². The van der Waals surface area contributed by atoms with Gasteiger partial charge in [-0.2, -0.15) is 5.10 Å². The fourth-order valence-electron chi connectivity index (χ4n) is 3.42. The number of carbonyl (C=O) groups is 1. The van der Waals surface area contributed by atoms with Crippen LogP contribution in [0.2, 0.25) is 0 Å². The number of carboxylic acid groups (broad SMARTS) is 1. The molecule has 2 unspecified atom stereocenters. The smallest absolute Gasteiger partial charge is 0.320 e. The van der Waals surface area contributed by atoms with Gasteiger partial charge in [0.2, 0.25) is 0 Å². The van der Waals surface area contributed by atoms with Crippen LogP contribution in [-0.2, 0) is 11.8 Å². The highest BCUT2D eigenvalue weighted by molar-refractivity contribution is 5.73. The standard InChI is InChI=1S/C15H25N3O2/c1-10-14(11(2)17(4)16-10)12(3)18-9-7-5-6-8-13(18)15(19)20/h12-13H,5-9H2,1-4H3,(H,19,20). The number of hydrogen-bond donors (Lipinski definition) is 1. The van der Waals surface area contributed by atoms with E-state index in [1.54, 1.807) is 0 Å². The number of carboxylic acids is 1. The molecule has 2 heterocycles. The highest BCUT2D eigenvalue weighted by Crippen LogP contribution is 2.31. The third-order valence-electron chi connectivity index (χ3n) is 4.56. The first-order chi connectivity index (χ1) is 9.43. The summed E-state index contributed by atoms with van der Waals surface area (Å²) in [5.41, 5.74) is 3.31. The summed E-state index contributed by atoms with van der Waals surface area (Å²) < 4.78 is 1.88. The highest BCUT2D eigenvalue weighted by atomic mass is 16.4. The molecule has 0 aromatic carbocycles. The molecule has 1 fully saturated rings. The van der Waals surface area contributed by atoms with E-state index in [1.165, 1.54) is 5.56 Å². The largest absolute Gasteiger partial charge is 0.480 e. The van der Waals surface area contributed by atoms with Gasteiger partial charge in [0.25, 0.3) is 0 Å². The summed E-state index contributed by atoms with van der Waals surface area (Å²) in [7, 11) is 1.94. The van der Waals surface area contributed by atoms with Gasteiger partial charge in [-0.05, 0) is 40.2 Å². The van der Waals surface area contributed by atoms with Crippen molar-refractivity contribution in [2.45, 2.75) is 58.5 Å². The summed E-state index contributed by atoms with van der Waals surface area (Å²) in [6, 6.07) is -0.269. The van der Waals surface area contributed by atoms with Gasteiger partial charge in [0.15, 0.2) is 0 Å². The van der Waals surface area contributed by atoms with Crippen LogP contribution in [0.5, 0.6) is 0 Å². The first kappa shape index (κ1) is 15.0. The highest BCUT2D eigenvalue weighted by Gasteiger charge is 2.33. The van der Waals surface area contributed by atoms with Crippen LogP contribution in [0, 0.1) is 13.8 Å². The number of aliphatic carboxylic acids is 1. The summed E-state index contributed by atoms with van der Waals surface area (Å²) in [6.07, 6.45) is 3.95. The molecule has 0 aliphatic carbocycles. The molecule has 20 heavy (non-hydrogen) atoms. The second-order valence-corrected chi connectivity index (χ2v) is 5.83. The minimum absolute atomic E-state index is 0.0999. The maximum atomic E-state index is 11.6. The fraction of sp³-hybridized carbons (Fsp3) is 0.733. The van der Waals surface area contributed by atoms with Crippen molar-refractivity contribution < 1.29 is 9.90 Å². The van der Waals surface area contributed by atoms with Crippen molar-refractivity contribution in [3.05, 3.63) is 17.0 Å². The van der Waals surface area contributed by atoms with E-state index >= 15 is 0 Å². The third-order valence-corrected chi connectivity index (χ3v) is 4.56. The minimum atomic E-state index is -0.696. The Bertz CT molecular complexity index is 496. The van der Waals surface area contributed by atoms with Crippen LogP contribution in [-0.4, -0.2) is 38.3 Å². The minimum Gasteiger partial charge on any atom is -0.480 e. The van der Waals surface area contributed by atoms with Gasteiger partial charge >= 0.3 is 5.97 Å². The Kier molecular flexibility index (Phi) is 4.48. The van der Waals surface area contributed by atoms with Crippen LogP contribution in [0.1, 0.15) is 55.6 Å². The lowest BCUT2D eigenvalue weighted by Crippen LogP contribution is -2.42. The van der Waals surface area contributed by atoms with Crippen molar-refractivity contribution in [3.8, 4) is 0 Å². The Labute approximate surface area is 120 Å². The van der Waals surface area contributed by atoms with Gasteiger partial charge < -0.3 is 5.11 Å². The normalized spacial score (nSPS) is 22.5. The second-order valence-electron chi connectivity index (χ2n) is 5.83. The zero-order valence-electron chi connectivity index (χ0n) is 12.9. The monoisotopic (exact) mass is 279 g/mol. The van der Waals surface area contributed by atoms with E-state index in [0.717, 1.165) is 43.6 Å². The zero-order chi connectivity index (χ0) is 14.9. The molecule has 1 aliphatic heterocycles. The first-order valence-corrected chi connectivity index (χ1v) is 7.42. The molecule has 2 rings (SSSR count). The number of nitrogens with zero attached hydrogens (tertiary/aromatic N) is 3. The van der Waals surface area contributed by atoms with E-state index in [0.29, 0.717) is 0 Å². The molecule has 1 N–H and O–H groups in total. The van der Waals surface area contributed by atoms with E-state index in [-0.39, 0.29) is 12.1 Å². The molecule has 1 aromatic rings. The van der Waals surface area contributed by atoms with E-state index in [1.807, 2.05) is 18.7 Å². The van der Waals surface area contributed by atoms with Crippen LogP contribution in [0.15, 0.2) is 0 Å². The second kappa shape index (κ2) is 5.95. The number of aryl methyl sites for hydroxylation is 2. The lowest BCUT2D eigenvalue weighted by Gasteiger charge is -2.33. The summed E-state index contributed by atoms with van der Waals surface area (Å²) in [4.78, 5) is 13.7. The van der Waals surface area contributed by atoms with Gasteiger partial charge in [-0.25, -0.2) is 0 Å². The molecule has 0 radical (unpaired) electrons. The molecule has 1 aromatic heterocycles. The molecule has 0 bridgehead atoms. The van der Waals surface area contributed by atoms with Gasteiger partial charge in [0.1, 0.15) is 6.04 Å². The fourth-order valence-corrected chi connectivity index (χ4v) is 3.42. The Morgan fingerprint density at radius 3 is 2.60 bits per heavy atom. The summed E-state index contributed by atoms with van der Waals surface area (Å²) in [5, 5.41) is 14.0. The van der Waals surface area contributed by atoms with E-state index in [4.69, 9.17) is 0 Å². The summed E-state index contributed by atoms with van der Waals surface area (Å²) in [5.74, 6) is -0.696. The summed E-state index contributed by atoms with van der Waals surface area (Å²) >= 11 is 0. The van der Waals surface area contributed by atoms with Gasteiger partial charge in [-0.3, -0.25) is 14.4 Å². The molecule has 0 spiro atoms. The van der Waals surface area contributed by atoms with E-state index in [9.17, 15) is 9.90 Å². The molecule has 5 heteroatoms. The Morgan fingerprint density at radius 1 is 1.35 bits per heavy atom. The number of hydrogen-bond acceptors (Lipinski definition) is 3. The molecular weight excluding hydrogens is 254 g/mol. The van der Waals surface area contributed by atoms with Gasteiger partial charge in [0, 0.05) is 24.3 Å². The topological polar surface area (TPSA) is 58.4 Å². The molecule has 0 amide bonds. The van der Waals surface area contributed by atoms with Crippen LogP contribution in [0.3, 0.4) is 0 Å². The Hall–Kier alpha value is -1.36. The number of rotatable bonds is 3. The van der Waals surface area contributed by atoms with Gasteiger partial charge in [-0.1, -0.05) is 12.8 Å². The predicted molar refractivity (Wildman–Crippen MR) is 77.7 cm³/mol. The van der Waals surface area contributed by atoms with Crippen molar-refractivity contribution in [1.29, 1.82) is 0 Å². The first-order valence-electron chi connectivity index (χ1n) is 7.42. The quantitative estimate of drug-likeness (QED) is 0.923. The van der Waals surface area contributed by atoms with Gasteiger partial charge in [-0.15, -0.1) is 0 Å². The lowest BCUT2D eigenvalue weighted by atomic mass is 10.0. The maximum Gasteiger partial charge on any atom is 0.320 e. The molecule has 1 aliphatic rings. The average molecular weight is 279 g/mol. The van der Waals surface area contributed by atoms with Crippen molar-refractivity contribution in [1.82, 2.24) is 14.7 Å². The van der Waals surface area contributed by atoms with Crippen molar-refractivity contribution in [2.24, 2.45) is 7.05 Å². The third kappa shape index (κ3) is 2.73. The van der Waals surface area contributed by atoms with Crippen molar-refractivity contribution in [3.63, 3.8) is 0 Å². The molecule has 1 saturated heterocycles. The van der Waals surface area contributed by atoms with Gasteiger partial charge in [0.05, 0.1) is 5.69 Å². The van der Waals surface area contributed by atoms with Crippen LogP contribution >= 0.6 is 0 Å². The van der Waals surface area contributed by atoms with Crippen molar-refractivity contribution in [2.75, 3.05) is 6.54 Å².